The van der Waals surface area contributed by atoms with E-state index in [-0.39, 0.29) is 17.9 Å². The van der Waals surface area contributed by atoms with E-state index in [2.05, 4.69) is 21.2 Å². The highest BCUT2D eigenvalue weighted by Gasteiger charge is 2.35. The number of nitrogens with zero attached hydrogens (tertiary/aromatic N) is 1. The lowest BCUT2D eigenvalue weighted by molar-refractivity contribution is -0.124. The number of nitrogens with one attached hydrogen (secondary N) is 1. The van der Waals surface area contributed by atoms with Gasteiger partial charge in [0.2, 0.25) is 5.91 Å². The minimum atomic E-state index is -0.347. The minimum Gasteiger partial charge on any atom is -0.354 e. The van der Waals surface area contributed by atoms with Gasteiger partial charge in [-0.05, 0) is 37.0 Å². The molecule has 2 amide bonds. The Hall–Kier alpha value is -1.01. The maximum atomic E-state index is 12.6. The summed E-state index contributed by atoms with van der Waals surface area (Å²) in [5, 5.41) is 2.98. The summed E-state index contributed by atoms with van der Waals surface area (Å²) in [5.74, 6) is 1.81. The first kappa shape index (κ1) is 14.9. The summed E-state index contributed by atoms with van der Waals surface area (Å²) in [6.45, 7) is 0.749. The zero-order valence-electron chi connectivity index (χ0n) is 11.5. The van der Waals surface area contributed by atoms with Crippen molar-refractivity contribution >= 4 is 39.5 Å². The van der Waals surface area contributed by atoms with Crippen molar-refractivity contribution in [3.63, 3.8) is 0 Å². The number of rotatable bonds is 4. The van der Waals surface area contributed by atoms with E-state index < -0.39 is 0 Å². The summed E-state index contributed by atoms with van der Waals surface area (Å²) in [6.07, 6.45) is 2.42. The van der Waals surface area contributed by atoms with Crippen molar-refractivity contribution < 1.29 is 9.59 Å². The second kappa shape index (κ2) is 6.40. The van der Waals surface area contributed by atoms with Gasteiger partial charge < -0.3 is 10.2 Å². The molecule has 0 radical (unpaired) electrons. The van der Waals surface area contributed by atoms with Crippen molar-refractivity contribution in [1.82, 2.24) is 10.2 Å². The minimum absolute atomic E-state index is 0.0183. The number of benzene rings is 1. The normalized spacial score (nSPS) is 21.4. The Balaban J connectivity index is 1.67. The van der Waals surface area contributed by atoms with Crippen LogP contribution in [0.2, 0.25) is 0 Å². The molecule has 1 saturated heterocycles. The van der Waals surface area contributed by atoms with E-state index in [1.807, 2.05) is 12.1 Å². The van der Waals surface area contributed by atoms with E-state index in [1.165, 1.54) is 12.8 Å². The predicted octanol–water partition coefficient (Wildman–Crippen LogP) is 2.49. The first-order valence-electron chi connectivity index (χ1n) is 7.07. The van der Waals surface area contributed by atoms with Crippen LogP contribution in [0.3, 0.4) is 0 Å². The first-order valence-corrected chi connectivity index (χ1v) is 9.02. The molecule has 112 valence electrons. The second-order valence-corrected chi connectivity index (χ2v) is 7.40. The Labute approximate surface area is 136 Å². The van der Waals surface area contributed by atoms with Gasteiger partial charge in [-0.2, -0.15) is 0 Å². The molecule has 1 N–H and O–H groups in total. The van der Waals surface area contributed by atoms with Crippen LogP contribution in [0.4, 0.5) is 0 Å². The molecule has 1 aromatic carbocycles. The van der Waals surface area contributed by atoms with Gasteiger partial charge in [-0.1, -0.05) is 22.0 Å². The fraction of sp³-hybridized carbons (Fsp3) is 0.467. The Bertz CT molecular complexity index is 562. The van der Waals surface area contributed by atoms with Crippen LogP contribution in [0.15, 0.2) is 28.7 Å². The number of carbonyl (C=O) groups excluding carboxylic acids is 2. The Morgan fingerprint density at radius 1 is 1.38 bits per heavy atom. The fourth-order valence-corrected chi connectivity index (χ4v) is 3.89. The fourth-order valence-electron chi connectivity index (χ4n) is 2.33. The Kier molecular flexibility index (Phi) is 4.54. The molecule has 0 spiro atoms. The monoisotopic (exact) mass is 368 g/mol. The molecular formula is C15H17BrN2O2S. The highest BCUT2D eigenvalue weighted by atomic mass is 79.9. The molecule has 1 aliphatic heterocycles. The molecule has 4 nitrogen and oxygen atoms in total. The zero-order valence-corrected chi connectivity index (χ0v) is 14.0. The summed E-state index contributed by atoms with van der Waals surface area (Å²) in [5.41, 5.74) is 0.617. The first-order chi connectivity index (χ1) is 10.1. The molecule has 0 aromatic heterocycles. The van der Waals surface area contributed by atoms with Crippen molar-refractivity contribution in [2.75, 3.05) is 18.2 Å². The molecule has 1 aliphatic carbocycles. The number of amides is 2. The standard InChI is InChI=1S/C15H17BrN2O2S/c16-12-3-1-2-11(6-12)15(20)18-9-21-8-13(18)14(19)17-7-10-4-5-10/h1-3,6,10,13H,4-5,7-9H2,(H,17,19)/t13-/m0/s1. The number of hydrogen-bond acceptors (Lipinski definition) is 3. The molecule has 2 fully saturated rings. The third-order valence-electron chi connectivity index (χ3n) is 3.78. The smallest absolute Gasteiger partial charge is 0.255 e. The van der Waals surface area contributed by atoms with Crippen LogP contribution in [0.1, 0.15) is 23.2 Å². The van der Waals surface area contributed by atoms with Gasteiger partial charge in [0, 0.05) is 22.3 Å². The van der Waals surface area contributed by atoms with Gasteiger partial charge in [0.1, 0.15) is 6.04 Å². The third-order valence-corrected chi connectivity index (χ3v) is 5.28. The predicted molar refractivity (Wildman–Crippen MR) is 87.2 cm³/mol. The molecule has 1 atom stereocenters. The molecule has 1 aromatic rings. The molecule has 21 heavy (non-hydrogen) atoms. The van der Waals surface area contributed by atoms with Crippen molar-refractivity contribution in [3.8, 4) is 0 Å². The average Bonchev–Trinajstić information content (AvgIpc) is 3.18. The van der Waals surface area contributed by atoms with Crippen LogP contribution < -0.4 is 5.32 Å². The van der Waals surface area contributed by atoms with E-state index in [9.17, 15) is 9.59 Å². The average molecular weight is 369 g/mol. The Morgan fingerprint density at radius 3 is 2.90 bits per heavy atom. The van der Waals surface area contributed by atoms with Gasteiger partial charge in [0.15, 0.2) is 0 Å². The maximum Gasteiger partial charge on any atom is 0.255 e. The topological polar surface area (TPSA) is 49.4 Å². The van der Waals surface area contributed by atoms with Crippen molar-refractivity contribution in [2.24, 2.45) is 5.92 Å². The van der Waals surface area contributed by atoms with Crippen molar-refractivity contribution in [3.05, 3.63) is 34.3 Å². The van der Waals surface area contributed by atoms with E-state index in [4.69, 9.17) is 0 Å². The number of hydrogen-bond donors (Lipinski definition) is 1. The van der Waals surface area contributed by atoms with Crippen LogP contribution in [0, 0.1) is 5.92 Å². The molecule has 0 unspecified atom stereocenters. The lowest BCUT2D eigenvalue weighted by Crippen LogP contribution is -2.47. The zero-order chi connectivity index (χ0) is 14.8. The largest absolute Gasteiger partial charge is 0.354 e. The van der Waals surface area contributed by atoms with Crippen LogP contribution in [-0.4, -0.2) is 40.9 Å². The number of thioether (sulfide) groups is 1. The molecule has 0 bridgehead atoms. The van der Waals surface area contributed by atoms with Crippen LogP contribution in [0.5, 0.6) is 0 Å². The lowest BCUT2D eigenvalue weighted by Gasteiger charge is -2.23. The van der Waals surface area contributed by atoms with Crippen molar-refractivity contribution in [1.29, 1.82) is 0 Å². The van der Waals surface area contributed by atoms with E-state index in [1.54, 1.807) is 28.8 Å². The van der Waals surface area contributed by atoms with Gasteiger partial charge in [0.25, 0.3) is 5.91 Å². The Morgan fingerprint density at radius 2 is 2.19 bits per heavy atom. The van der Waals surface area contributed by atoms with E-state index >= 15 is 0 Å². The molecule has 2 aliphatic rings. The second-order valence-electron chi connectivity index (χ2n) is 5.49. The summed E-state index contributed by atoms with van der Waals surface area (Å²) >= 11 is 5.00. The summed E-state index contributed by atoms with van der Waals surface area (Å²) in [4.78, 5) is 26.5. The summed E-state index contributed by atoms with van der Waals surface area (Å²) in [7, 11) is 0. The van der Waals surface area contributed by atoms with E-state index in [0.717, 1.165) is 11.0 Å². The maximum absolute atomic E-state index is 12.6. The third kappa shape index (κ3) is 3.61. The number of carbonyl (C=O) groups is 2. The molecule has 1 saturated carbocycles. The van der Waals surface area contributed by atoms with Gasteiger partial charge in [-0.3, -0.25) is 9.59 Å². The van der Waals surface area contributed by atoms with Gasteiger partial charge in [0.05, 0.1) is 5.88 Å². The summed E-state index contributed by atoms with van der Waals surface area (Å²) < 4.78 is 0.870. The van der Waals surface area contributed by atoms with Gasteiger partial charge >= 0.3 is 0 Å². The SMILES string of the molecule is O=C(NCC1CC1)[C@@H]1CSCN1C(=O)c1cccc(Br)c1. The molecule has 1 heterocycles. The summed E-state index contributed by atoms with van der Waals surface area (Å²) in [6, 6.07) is 6.96. The highest BCUT2D eigenvalue weighted by Crippen LogP contribution is 2.28. The van der Waals surface area contributed by atoms with Crippen molar-refractivity contribution in [2.45, 2.75) is 18.9 Å². The van der Waals surface area contributed by atoms with Crippen LogP contribution >= 0.6 is 27.7 Å². The van der Waals surface area contributed by atoms with Crippen LogP contribution in [-0.2, 0) is 4.79 Å². The van der Waals surface area contributed by atoms with Crippen LogP contribution in [0.25, 0.3) is 0 Å². The van der Waals surface area contributed by atoms with Gasteiger partial charge in [-0.15, -0.1) is 11.8 Å². The molecular weight excluding hydrogens is 352 g/mol. The molecule has 6 heteroatoms. The highest BCUT2D eigenvalue weighted by molar-refractivity contribution is 9.10. The van der Waals surface area contributed by atoms with Gasteiger partial charge in [-0.25, -0.2) is 0 Å². The number of halogens is 1. The quantitative estimate of drug-likeness (QED) is 0.887. The lowest BCUT2D eigenvalue weighted by atomic mass is 10.1. The van der Waals surface area contributed by atoms with E-state index in [0.29, 0.717) is 23.1 Å². The molecule has 3 rings (SSSR count).